The first kappa shape index (κ1) is 39.0. The van der Waals surface area contributed by atoms with Gasteiger partial charge in [0.1, 0.15) is 0 Å². The number of aryl methyl sites for hydroxylation is 1. The van der Waals surface area contributed by atoms with E-state index in [1.165, 1.54) is 65.6 Å². The van der Waals surface area contributed by atoms with Gasteiger partial charge >= 0.3 is 0 Å². The van der Waals surface area contributed by atoms with E-state index >= 15 is 0 Å². The highest BCUT2D eigenvalue weighted by molar-refractivity contribution is 6.12. The molecule has 0 N–H and O–H groups in total. The Balaban J connectivity index is 0.990. The highest BCUT2D eigenvalue weighted by Gasteiger charge is 2.21. The maximum atomic E-state index is 2.43. The van der Waals surface area contributed by atoms with Crippen molar-refractivity contribution in [2.75, 3.05) is 9.80 Å². The van der Waals surface area contributed by atoms with E-state index in [9.17, 15) is 0 Å². The predicted octanol–water partition coefficient (Wildman–Crippen LogP) is 17.7. The third-order valence-electron chi connectivity index (χ3n) is 13.0. The normalized spacial score (nSPS) is 11.4. The number of para-hydroxylation sites is 2. The highest BCUT2D eigenvalue weighted by Crippen LogP contribution is 2.45. The maximum Gasteiger partial charge on any atom is 0.0542 e. The lowest BCUT2D eigenvalue weighted by Gasteiger charge is -2.28. The van der Waals surface area contributed by atoms with Crippen molar-refractivity contribution in [3.05, 3.63) is 260 Å². The summed E-state index contributed by atoms with van der Waals surface area (Å²) in [4.78, 5) is 4.78. The molecule has 0 radical (unpaired) electrons. The largest absolute Gasteiger partial charge is 0.310 e. The first-order valence-electron chi connectivity index (χ1n) is 22.7. The minimum absolute atomic E-state index is 1.09. The number of hydrogen-bond donors (Lipinski definition) is 0. The van der Waals surface area contributed by atoms with E-state index in [1.807, 2.05) is 0 Å². The molecule has 0 spiro atoms. The minimum Gasteiger partial charge on any atom is -0.310 e. The lowest BCUT2D eigenvalue weighted by atomic mass is 9.95. The van der Waals surface area contributed by atoms with Crippen molar-refractivity contribution in [1.82, 2.24) is 4.57 Å². The lowest BCUT2D eigenvalue weighted by Crippen LogP contribution is -2.11. The number of rotatable bonds is 9. The van der Waals surface area contributed by atoms with E-state index in [2.05, 4.69) is 276 Å². The van der Waals surface area contributed by atoms with Crippen LogP contribution in [0, 0.1) is 6.92 Å². The summed E-state index contributed by atoms with van der Waals surface area (Å²) in [5.41, 5.74) is 16.1. The SMILES string of the molecule is Cc1ccc(N(c2ccc(-c3ccc(N(c4ccc(-c5ccccc5)cc4)c4ccc5c(c4)c4ccccc4n5-c4ccccc4)c4ccccc34)cc2)c2ccc3ccccc3c2)cc1. The summed E-state index contributed by atoms with van der Waals surface area (Å²) >= 11 is 0. The van der Waals surface area contributed by atoms with Crippen molar-refractivity contribution in [1.29, 1.82) is 0 Å². The standard InChI is InChI=1S/C63H45N3/c1-44-24-31-51(32-25-44)64(54-37-28-46-16-8-9-17-49(46)42-54)52-35-29-48(30-36-52)56-39-41-62(58-21-11-10-20-57(56)58)65(53-33-26-47(27-34-53)45-14-4-2-5-15-45)55-38-40-63-60(43-55)59-22-12-13-23-61(59)66(63)50-18-6-3-7-19-50/h2-43H,1H3. The maximum absolute atomic E-state index is 2.43. The highest BCUT2D eigenvalue weighted by atomic mass is 15.1. The van der Waals surface area contributed by atoms with Crippen LogP contribution in [0.4, 0.5) is 34.1 Å². The quantitative estimate of drug-likeness (QED) is 0.143. The van der Waals surface area contributed by atoms with Crippen molar-refractivity contribution in [2.45, 2.75) is 6.92 Å². The Morgan fingerprint density at radius 3 is 1.56 bits per heavy atom. The van der Waals surface area contributed by atoms with Gasteiger partial charge in [-0.05, 0) is 136 Å². The first-order valence-corrected chi connectivity index (χ1v) is 22.7. The molecule has 1 heterocycles. The van der Waals surface area contributed by atoms with E-state index in [4.69, 9.17) is 0 Å². The van der Waals surface area contributed by atoms with Gasteiger partial charge in [-0.1, -0.05) is 169 Å². The van der Waals surface area contributed by atoms with Gasteiger partial charge in [-0.25, -0.2) is 0 Å². The van der Waals surface area contributed by atoms with Crippen LogP contribution in [0.25, 0.3) is 71.3 Å². The van der Waals surface area contributed by atoms with Gasteiger partial charge in [-0.15, -0.1) is 0 Å². The molecule has 66 heavy (non-hydrogen) atoms. The molecule has 0 bridgehead atoms. The van der Waals surface area contributed by atoms with Crippen LogP contribution in [0.15, 0.2) is 255 Å². The molecule has 0 amide bonds. The Morgan fingerprint density at radius 1 is 0.303 bits per heavy atom. The van der Waals surface area contributed by atoms with E-state index in [-0.39, 0.29) is 0 Å². The predicted molar refractivity (Wildman–Crippen MR) is 281 cm³/mol. The van der Waals surface area contributed by atoms with Gasteiger partial charge in [0.2, 0.25) is 0 Å². The molecule has 0 unspecified atom stereocenters. The second-order valence-corrected chi connectivity index (χ2v) is 17.1. The molecule has 3 nitrogen and oxygen atoms in total. The molecule has 0 aliphatic rings. The number of benzene rings is 11. The number of aromatic nitrogens is 1. The van der Waals surface area contributed by atoms with Crippen molar-refractivity contribution in [3.63, 3.8) is 0 Å². The average Bonchev–Trinajstić information content (AvgIpc) is 3.72. The summed E-state index contributed by atoms with van der Waals surface area (Å²) in [6, 6.07) is 92.6. The van der Waals surface area contributed by atoms with Gasteiger partial charge in [-0.3, -0.25) is 0 Å². The zero-order valence-corrected chi connectivity index (χ0v) is 36.6. The zero-order chi connectivity index (χ0) is 44.0. The summed E-state index contributed by atoms with van der Waals surface area (Å²) < 4.78 is 2.38. The molecular weight excluding hydrogens is 799 g/mol. The van der Waals surface area contributed by atoms with Crippen LogP contribution in [0.3, 0.4) is 0 Å². The molecule has 12 rings (SSSR count). The third-order valence-corrected chi connectivity index (χ3v) is 13.0. The van der Waals surface area contributed by atoms with Crippen LogP contribution in [-0.4, -0.2) is 4.57 Å². The molecule has 312 valence electrons. The number of hydrogen-bond acceptors (Lipinski definition) is 2. The van der Waals surface area contributed by atoms with Gasteiger partial charge in [0.25, 0.3) is 0 Å². The van der Waals surface area contributed by atoms with Gasteiger partial charge in [-0.2, -0.15) is 0 Å². The lowest BCUT2D eigenvalue weighted by molar-refractivity contribution is 1.18. The fourth-order valence-corrected chi connectivity index (χ4v) is 9.79. The Bertz CT molecular complexity index is 3690. The summed E-state index contributed by atoms with van der Waals surface area (Å²) in [6.07, 6.45) is 0. The van der Waals surface area contributed by atoms with Crippen LogP contribution in [0.1, 0.15) is 5.56 Å². The molecule has 12 aromatic rings. The second-order valence-electron chi connectivity index (χ2n) is 17.1. The first-order chi connectivity index (χ1) is 32.6. The van der Waals surface area contributed by atoms with E-state index in [0.717, 1.165) is 45.4 Å². The summed E-state index contributed by atoms with van der Waals surface area (Å²) in [5.74, 6) is 0. The van der Waals surface area contributed by atoms with Crippen molar-refractivity contribution < 1.29 is 0 Å². The van der Waals surface area contributed by atoms with Crippen molar-refractivity contribution >= 4 is 77.5 Å². The fraction of sp³-hybridized carbons (Fsp3) is 0.0159. The van der Waals surface area contributed by atoms with Crippen LogP contribution in [0.5, 0.6) is 0 Å². The number of anilines is 6. The van der Waals surface area contributed by atoms with Gasteiger partial charge < -0.3 is 14.4 Å². The smallest absolute Gasteiger partial charge is 0.0542 e. The third kappa shape index (κ3) is 6.95. The Hall–Kier alpha value is -8.66. The number of nitrogens with zero attached hydrogens (tertiary/aromatic N) is 3. The molecule has 0 aliphatic carbocycles. The van der Waals surface area contributed by atoms with Gasteiger partial charge in [0.05, 0.1) is 16.7 Å². The summed E-state index contributed by atoms with van der Waals surface area (Å²) in [6.45, 7) is 2.14. The molecule has 0 aliphatic heterocycles. The molecule has 0 fully saturated rings. The molecule has 0 saturated carbocycles. The van der Waals surface area contributed by atoms with Crippen molar-refractivity contribution in [3.8, 4) is 27.9 Å². The topological polar surface area (TPSA) is 11.4 Å². The van der Waals surface area contributed by atoms with Crippen LogP contribution in [-0.2, 0) is 0 Å². The average molecular weight is 844 g/mol. The summed E-state index contributed by atoms with van der Waals surface area (Å²) in [7, 11) is 0. The Kier molecular flexibility index (Phi) is 9.73. The van der Waals surface area contributed by atoms with Crippen LogP contribution in [0.2, 0.25) is 0 Å². The molecule has 0 saturated heterocycles. The minimum atomic E-state index is 1.09. The Labute approximate surface area is 385 Å². The van der Waals surface area contributed by atoms with Gasteiger partial charge in [0.15, 0.2) is 0 Å². The molecule has 3 heteroatoms. The van der Waals surface area contributed by atoms with E-state index in [0.29, 0.717) is 0 Å². The van der Waals surface area contributed by atoms with Crippen LogP contribution < -0.4 is 9.80 Å². The Morgan fingerprint density at radius 2 is 0.818 bits per heavy atom. The monoisotopic (exact) mass is 843 g/mol. The molecular formula is C63H45N3. The zero-order valence-electron chi connectivity index (χ0n) is 36.6. The van der Waals surface area contributed by atoms with E-state index in [1.54, 1.807) is 0 Å². The number of fused-ring (bicyclic) bond motifs is 5. The molecule has 0 atom stereocenters. The molecule has 11 aromatic carbocycles. The second kappa shape index (κ2) is 16.5. The van der Waals surface area contributed by atoms with Crippen molar-refractivity contribution in [2.24, 2.45) is 0 Å². The van der Waals surface area contributed by atoms with E-state index < -0.39 is 0 Å². The van der Waals surface area contributed by atoms with Crippen LogP contribution >= 0.6 is 0 Å². The fourth-order valence-electron chi connectivity index (χ4n) is 9.79. The summed E-state index contributed by atoms with van der Waals surface area (Å²) in [5, 5.41) is 7.26. The van der Waals surface area contributed by atoms with Gasteiger partial charge in [0, 0.05) is 50.3 Å². The molecule has 1 aromatic heterocycles.